The molecule has 1 heterocycles. The zero-order valence-corrected chi connectivity index (χ0v) is 12.7. The maximum Gasteiger partial charge on any atom is 0.343 e. The number of nitrogens with two attached hydrogens (primary N) is 1. The molecule has 1 aromatic carbocycles. The Morgan fingerprint density at radius 3 is 2.81 bits per heavy atom. The van der Waals surface area contributed by atoms with Crippen molar-refractivity contribution in [2.24, 2.45) is 0 Å². The van der Waals surface area contributed by atoms with Gasteiger partial charge in [0.05, 0.1) is 18.5 Å². The summed E-state index contributed by atoms with van der Waals surface area (Å²) >= 11 is 3.16. The van der Waals surface area contributed by atoms with E-state index in [0.717, 1.165) is 0 Å². The van der Waals surface area contributed by atoms with Crippen LogP contribution in [0, 0.1) is 5.82 Å². The minimum absolute atomic E-state index is 0.000139. The molecule has 2 N–H and O–H groups in total. The normalized spacial score (nSPS) is 10.2. The van der Waals surface area contributed by atoms with E-state index in [1.165, 1.54) is 24.4 Å². The Morgan fingerprint density at radius 2 is 2.14 bits per heavy atom. The molecule has 0 amide bonds. The number of benzene rings is 1. The Bertz CT molecular complexity index is 659. The third-order valence-corrected chi connectivity index (χ3v) is 2.88. The highest BCUT2D eigenvalue weighted by Gasteiger charge is 2.17. The number of esters is 1. The number of rotatable bonds is 4. The predicted octanol–water partition coefficient (Wildman–Crippen LogP) is 3.53. The molecule has 7 heteroatoms. The first-order valence-corrected chi connectivity index (χ1v) is 6.85. The number of pyridine rings is 1. The van der Waals surface area contributed by atoms with E-state index in [1.54, 1.807) is 13.0 Å². The van der Waals surface area contributed by atoms with Gasteiger partial charge in [0.1, 0.15) is 17.1 Å². The molecule has 0 aliphatic carbocycles. The summed E-state index contributed by atoms with van der Waals surface area (Å²) < 4.78 is 24.2. The summed E-state index contributed by atoms with van der Waals surface area (Å²) in [6, 6.07) is 5.41. The van der Waals surface area contributed by atoms with Gasteiger partial charge in [-0.2, -0.15) is 0 Å². The summed E-state index contributed by atoms with van der Waals surface area (Å²) in [5.41, 5.74) is 5.99. The molecule has 0 atom stereocenters. The van der Waals surface area contributed by atoms with Crippen molar-refractivity contribution in [2.45, 2.75) is 6.92 Å². The van der Waals surface area contributed by atoms with E-state index in [-0.39, 0.29) is 23.8 Å². The highest BCUT2D eigenvalue weighted by Crippen LogP contribution is 2.28. The highest BCUT2D eigenvalue weighted by molar-refractivity contribution is 9.10. The number of hydrogen-bond acceptors (Lipinski definition) is 5. The molecule has 2 rings (SSSR count). The highest BCUT2D eigenvalue weighted by atomic mass is 79.9. The Labute approximate surface area is 129 Å². The standard InChI is InChI=1S/C14H12BrFN2O3/c1-2-20-14(19)12-6-10(17)7-18-13(12)21-11-4-8(15)3-9(16)5-11/h3-7H,2,17H2,1H3. The molecular weight excluding hydrogens is 343 g/mol. The molecule has 0 spiro atoms. The SMILES string of the molecule is CCOC(=O)c1cc(N)cnc1Oc1cc(F)cc(Br)c1. The molecule has 21 heavy (non-hydrogen) atoms. The first-order valence-electron chi connectivity index (χ1n) is 6.06. The van der Waals surface area contributed by atoms with Gasteiger partial charge in [0, 0.05) is 10.5 Å². The molecule has 0 aliphatic rings. The molecule has 0 bridgehead atoms. The summed E-state index contributed by atoms with van der Waals surface area (Å²) in [5.74, 6) is -0.889. The molecule has 1 aromatic heterocycles. The van der Waals surface area contributed by atoms with Crippen LogP contribution in [0.15, 0.2) is 34.9 Å². The third kappa shape index (κ3) is 3.91. The Hall–Kier alpha value is -2.15. The largest absolute Gasteiger partial charge is 0.462 e. The minimum atomic E-state index is -0.609. The van der Waals surface area contributed by atoms with Gasteiger partial charge in [-0.1, -0.05) is 15.9 Å². The van der Waals surface area contributed by atoms with E-state index in [1.807, 2.05) is 0 Å². The van der Waals surface area contributed by atoms with Crippen molar-refractivity contribution in [1.82, 2.24) is 4.98 Å². The van der Waals surface area contributed by atoms with Crippen LogP contribution in [0.2, 0.25) is 0 Å². The number of anilines is 1. The van der Waals surface area contributed by atoms with E-state index < -0.39 is 11.8 Å². The molecular formula is C14H12BrFN2O3. The molecule has 0 aliphatic heterocycles. The average molecular weight is 355 g/mol. The van der Waals surface area contributed by atoms with Crippen molar-refractivity contribution in [2.75, 3.05) is 12.3 Å². The zero-order valence-electron chi connectivity index (χ0n) is 11.1. The van der Waals surface area contributed by atoms with Crippen molar-refractivity contribution in [3.63, 3.8) is 0 Å². The Morgan fingerprint density at radius 1 is 1.38 bits per heavy atom. The summed E-state index contributed by atoms with van der Waals surface area (Å²) in [5, 5.41) is 0. The predicted molar refractivity (Wildman–Crippen MR) is 78.8 cm³/mol. The van der Waals surface area contributed by atoms with Gasteiger partial charge in [0.2, 0.25) is 5.88 Å². The zero-order chi connectivity index (χ0) is 15.4. The van der Waals surface area contributed by atoms with Crippen LogP contribution in [0.25, 0.3) is 0 Å². The van der Waals surface area contributed by atoms with Gasteiger partial charge >= 0.3 is 5.97 Å². The maximum atomic E-state index is 13.3. The number of halogens is 2. The van der Waals surface area contributed by atoms with Crippen molar-refractivity contribution < 1.29 is 18.7 Å². The molecule has 2 aromatic rings. The van der Waals surface area contributed by atoms with Gasteiger partial charge < -0.3 is 15.2 Å². The van der Waals surface area contributed by atoms with Crippen LogP contribution >= 0.6 is 15.9 Å². The minimum Gasteiger partial charge on any atom is -0.462 e. The van der Waals surface area contributed by atoms with Crippen LogP contribution < -0.4 is 10.5 Å². The maximum absolute atomic E-state index is 13.3. The first kappa shape index (κ1) is 15.2. The summed E-state index contributed by atoms with van der Waals surface area (Å²) in [6.45, 7) is 1.89. The number of carbonyl (C=O) groups is 1. The van der Waals surface area contributed by atoms with Crippen molar-refractivity contribution in [3.05, 3.63) is 46.3 Å². The summed E-state index contributed by atoms with van der Waals surface area (Å²) in [6.07, 6.45) is 1.34. The average Bonchev–Trinajstić information content (AvgIpc) is 2.40. The lowest BCUT2D eigenvalue weighted by Crippen LogP contribution is -2.08. The number of hydrogen-bond donors (Lipinski definition) is 1. The Kier molecular flexibility index (Phi) is 4.74. The van der Waals surface area contributed by atoms with Crippen LogP contribution in [0.4, 0.5) is 10.1 Å². The lowest BCUT2D eigenvalue weighted by atomic mass is 10.2. The Balaban J connectivity index is 2.37. The number of nitrogen functional groups attached to an aromatic ring is 1. The van der Waals surface area contributed by atoms with E-state index >= 15 is 0 Å². The van der Waals surface area contributed by atoms with Crippen molar-refractivity contribution in [1.29, 1.82) is 0 Å². The van der Waals surface area contributed by atoms with E-state index in [0.29, 0.717) is 10.2 Å². The van der Waals surface area contributed by atoms with Gasteiger partial charge in [-0.05, 0) is 25.1 Å². The van der Waals surface area contributed by atoms with Crippen LogP contribution in [-0.4, -0.2) is 17.6 Å². The topological polar surface area (TPSA) is 74.4 Å². The number of carbonyl (C=O) groups excluding carboxylic acids is 1. The quantitative estimate of drug-likeness (QED) is 0.850. The fourth-order valence-electron chi connectivity index (χ4n) is 1.60. The number of ether oxygens (including phenoxy) is 2. The first-order chi connectivity index (χ1) is 9.99. The fourth-order valence-corrected chi connectivity index (χ4v) is 2.05. The second kappa shape index (κ2) is 6.53. The molecule has 0 saturated heterocycles. The molecule has 110 valence electrons. The summed E-state index contributed by atoms with van der Waals surface area (Å²) in [4.78, 5) is 15.8. The molecule has 0 unspecified atom stereocenters. The van der Waals surface area contributed by atoms with Crippen molar-refractivity contribution in [3.8, 4) is 11.6 Å². The lowest BCUT2D eigenvalue weighted by Gasteiger charge is -2.10. The molecule has 0 fully saturated rings. The van der Waals surface area contributed by atoms with Crippen LogP contribution in [0.1, 0.15) is 17.3 Å². The van der Waals surface area contributed by atoms with Gasteiger partial charge in [-0.15, -0.1) is 0 Å². The second-order valence-corrected chi connectivity index (χ2v) is 4.96. The van der Waals surface area contributed by atoms with Crippen LogP contribution in [0.5, 0.6) is 11.6 Å². The smallest absolute Gasteiger partial charge is 0.343 e. The molecule has 5 nitrogen and oxygen atoms in total. The van der Waals surface area contributed by atoms with Crippen LogP contribution in [0.3, 0.4) is 0 Å². The monoisotopic (exact) mass is 354 g/mol. The van der Waals surface area contributed by atoms with Gasteiger partial charge in [0.15, 0.2) is 0 Å². The molecule has 0 saturated carbocycles. The van der Waals surface area contributed by atoms with E-state index in [9.17, 15) is 9.18 Å². The third-order valence-electron chi connectivity index (χ3n) is 2.42. The van der Waals surface area contributed by atoms with Crippen LogP contribution in [-0.2, 0) is 4.74 Å². The van der Waals surface area contributed by atoms with E-state index in [2.05, 4.69) is 20.9 Å². The lowest BCUT2D eigenvalue weighted by molar-refractivity contribution is 0.0523. The second-order valence-electron chi connectivity index (χ2n) is 4.05. The van der Waals surface area contributed by atoms with Gasteiger partial charge in [-0.25, -0.2) is 14.2 Å². The van der Waals surface area contributed by atoms with Gasteiger partial charge in [-0.3, -0.25) is 0 Å². The number of aromatic nitrogens is 1. The van der Waals surface area contributed by atoms with Crippen molar-refractivity contribution >= 4 is 27.6 Å². The van der Waals surface area contributed by atoms with E-state index in [4.69, 9.17) is 15.2 Å². The van der Waals surface area contributed by atoms with Gasteiger partial charge in [0.25, 0.3) is 0 Å². The molecule has 0 radical (unpaired) electrons. The summed E-state index contributed by atoms with van der Waals surface area (Å²) in [7, 11) is 0. The fraction of sp³-hybridized carbons (Fsp3) is 0.143. The number of nitrogens with zero attached hydrogens (tertiary/aromatic N) is 1.